The smallest absolute Gasteiger partial charge is 0.372 e. The van der Waals surface area contributed by atoms with Gasteiger partial charge in [-0.3, -0.25) is 14.7 Å². The van der Waals surface area contributed by atoms with Crippen LogP contribution in [0, 0.1) is 10.1 Å². The zero-order valence-electron chi connectivity index (χ0n) is 9.75. The Bertz CT molecular complexity index is 741. The number of nitro benzene ring substituents is 1. The summed E-state index contributed by atoms with van der Waals surface area (Å²) in [6.45, 7) is 3.50. The second-order valence-electron chi connectivity index (χ2n) is 4.08. The fraction of sp³-hybridized carbons (Fsp3) is 0.273. The molecule has 1 aromatic heterocycles. The van der Waals surface area contributed by atoms with Gasteiger partial charge >= 0.3 is 11.4 Å². The molecule has 0 aliphatic carbocycles. The van der Waals surface area contributed by atoms with Crippen LogP contribution in [0.5, 0.6) is 0 Å². The molecule has 0 amide bonds. The Labute approximate surface area is 100 Å². The molecular formula is C11H10N2O5. The average Bonchev–Trinajstić information content (AvgIpc) is 2.27. The maximum Gasteiger partial charge on any atom is 0.422 e. The van der Waals surface area contributed by atoms with E-state index in [1.807, 2.05) is 0 Å². The second-order valence-corrected chi connectivity index (χ2v) is 4.08. The van der Waals surface area contributed by atoms with Gasteiger partial charge in [0.15, 0.2) is 0 Å². The molecule has 0 atom stereocenters. The van der Waals surface area contributed by atoms with Crippen LogP contribution in [0.2, 0.25) is 0 Å². The molecule has 0 aliphatic rings. The lowest BCUT2D eigenvalue weighted by Crippen LogP contribution is -2.26. The van der Waals surface area contributed by atoms with Crippen molar-refractivity contribution in [3.63, 3.8) is 0 Å². The molecule has 7 nitrogen and oxygen atoms in total. The van der Waals surface area contributed by atoms with Crippen molar-refractivity contribution in [2.24, 2.45) is 0 Å². The van der Waals surface area contributed by atoms with Crippen molar-refractivity contribution >= 4 is 16.6 Å². The Hall–Kier alpha value is -2.44. The highest BCUT2D eigenvalue weighted by Crippen LogP contribution is 2.19. The van der Waals surface area contributed by atoms with Crippen molar-refractivity contribution in [3.8, 4) is 0 Å². The third kappa shape index (κ3) is 1.79. The lowest BCUT2D eigenvalue weighted by Gasteiger charge is -2.11. The molecule has 0 unspecified atom stereocenters. The Balaban J connectivity index is 2.94. The lowest BCUT2D eigenvalue weighted by atomic mass is 10.2. The van der Waals surface area contributed by atoms with Crippen LogP contribution in [0.15, 0.2) is 32.2 Å². The van der Waals surface area contributed by atoms with Gasteiger partial charge in [0.25, 0.3) is 5.69 Å². The second kappa shape index (κ2) is 4.10. The van der Waals surface area contributed by atoms with E-state index in [0.717, 1.165) is 6.07 Å². The zero-order valence-corrected chi connectivity index (χ0v) is 9.75. The maximum absolute atomic E-state index is 11.6. The minimum absolute atomic E-state index is 0.0255. The van der Waals surface area contributed by atoms with Gasteiger partial charge in [0.2, 0.25) is 0 Å². The van der Waals surface area contributed by atoms with Gasteiger partial charge < -0.3 is 4.42 Å². The normalized spacial score (nSPS) is 11.1. The molecule has 0 spiro atoms. The van der Waals surface area contributed by atoms with Gasteiger partial charge in [0.05, 0.1) is 15.8 Å². The minimum atomic E-state index is -0.865. The topological polar surface area (TPSA) is 95.3 Å². The van der Waals surface area contributed by atoms with E-state index in [4.69, 9.17) is 0 Å². The predicted molar refractivity (Wildman–Crippen MR) is 63.8 cm³/mol. The van der Waals surface area contributed by atoms with E-state index >= 15 is 0 Å². The van der Waals surface area contributed by atoms with Crippen molar-refractivity contribution in [1.29, 1.82) is 0 Å². The van der Waals surface area contributed by atoms with E-state index < -0.39 is 16.3 Å². The third-order valence-electron chi connectivity index (χ3n) is 2.56. The monoisotopic (exact) mass is 250 g/mol. The van der Waals surface area contributed by atoms with E-state index in [1.165, 1.54) is 16.7 Å². The van der Waals surface area contributed by atoms with Crippen LogP contribution < -0.4 is 11.4 Å². The number of nitrogens with zero attached hydrogens (tertiary/aromatic N) is 2. The minimum Gasteiger partial charge on any atom is -0.372 e. The van der Waals surface area contributed by atoms with Gasteiger partial charge in [-0.05, 0) is 19.9 Å². The van der Waals surface area contributed by atoms with Crippen LogP contribution in [0.3, 0.4) is 0 Å². The molecule has 1 heterocycles. The first-order chi connectivity index (χ1) is 8.41. The number of non-ortho nitro benzene ring substituents is 1. The van der Waals surface area contributed by atoms with E-state index in [0.29, 0.717) is 5.52 Å². The van der Waals surface area contributed by atoms with Crippen molar-refractivity contribution < 1.29 is 9.34 Å². The van der Waals surface area contributed by atoms with Crippen LogP contribution in [0.25, 0.3) is 10.9 Å². The molecule has 0 N–H and O–H groups in total. The SMILES string of the molecule is CC(C)n1c(=O)oc(=O)c2cc([N+](=O)[O-])ccc21. The molecule has 0 saturated carbocycles. The quantitative estimate of drug-likeness (QED) is 0.593. The molecular weight excluding hydrogens is 240 g/mol. The third-order valence-corrected chi connectivity index (χ3v) is 2.56. The Kier molecular flexibility index (Phi) is 2.74. The number of nitro groups is 1. The van der Waals surface area contributed by atoms with Crippen LogP contribution >= 0.6 is 0 Å². The molecule has 7 heteroatoms. The highest BCUT2D eigenvalue weighted by atomic mass is 16.6. The summed E-state index contributed by atoms with van der Waals surface area (Å²) in [6, 6.07) is 3.52. The fourth-order valence-electron chi connectivity index (χ4n) is 1.78. The standard InChI is InChI=1S/C11H10N2O5/c1-6(2)12-9-4-3-7(13(16)17)5-8(9)10(14)18-11(12)15/h3-6H,1-2H3. The van der Waals surface area contributed by atoms with Crippen molar-refractivity contribution in [1.82, 2.24) is 4.57 Å². The molecule has 1 aromatic carbocycles. The van der Waals surface area contributed by atoms with Gasteiger partial charge in [0, 0.05) is 18.2 Å². The van der Waals surface area contributed by atoms with Crippen molar-refractivity contribution in [2.75, 3.05) is 0 Å². The summed E-state index contributed by atoms with van der Waals surface area (Å²) in [7, 11) is 0. The first-order valence-corrected chi connectivity index (χ1v) is 5.25. The summed E-state index contributed by atoms with van der Waals surface area (Å²) in [4.78, 5) is 33.2. The van der Waals surface area contributed by atoms with Gasteiger partial charge in [-0.1, -0.05) is 0 Å². The first-order valence-electron chi connectivity index (χ1n) is 5.25. The molecule has 94 valence electrons. The first kappa shape index (κ1) is 12.0. The Morgan fingerprint density at radius 2 is 2.00 bits per heavy atom. The summed E-state index contributed by atoms with van der Waals surface area (Å²) in [5.74, 6) is -0.767. The van der Waals surface area contributed by atoms with E-state index in [1.54, 1.807) is 13.8 Å². The number of aromatic nitrogens is 1. The van der Waals surface area contributed by atoms with Crippen LogP contribution in [0.1, 0.15) is 19.9 Å². The van der Waals surface area contributed by atoms with Crippen molar-refractivity contribution in [2.45, 2.75) is 19.9 Å². The molecule has 0 saturated heterocycles. The Morgan fingerprint density at radius 3 is 2.56 bits per heavy atom. The Morgan fingerprint density at radius 1 is 1.33 bits per heavy atom. The fourth-order valence-corrected chi connectivity index (χ4v) is 1.78. The summed E-state index contributed by atoms with van der Waals surface area (Å²) in [6.07, 6.45) is 0. The molecule has 18 heavy (non-hydrogen) atoms. The molecule has 2 aromatic rings. The predicted octanol–water partition coefficient (Wildman–Crippen LogP) is 1.44. The number of benzene rings is 1. The lowest BCUT2D eigenvalue weighted by molar-refractivity contribution is -0.384. The number of fused-ring (bicyclic) bond motifs is 1. The van der Waals surface area contributed by atoms with E-state index in [9.17, 15) is 19.7 Å². The molecule has 0 fully saturated rings. The van der Waals surface area contributed by atoms with Gasteiger partial charge in [0.1, 0.15) is 0 Å². The molecule has 0 bridgehead atoms. The summed E-state index contributed by atoms with van der Waals surface area (Å²) < 4.78 is 5.83. The summed E-state index contributed by atoms with van der Waals surface area (Å²) in [5.41, 5.74) is -0.754. The summed E-state index contributed by atoms with van der Waals surface area (Å²) in [5, 5.41) is 10.7. The van der Waals surface area contributed by atoms with Gasteiger partial charge in [-0.2, -0.15) is 0 Å². The number of hydrogen-bond donors (Lipinski definition) is 0. The average molecular weight is 250 g/mol. The van der Waals surface area contributed by atoms with Crippen LogP contribution in [0.4, 0.5) is 5.69 Å². The molecule has 0 radical (unpaired) electrons. The maximum atomic E-state index is 11.6. The highest BCUT2D eigenvalue weighted by Gasteiger charge is 2.15. The summed E-state index contributed by atoms with van der Waals surface area (Å²) >= 11 is 0. The van der Waals surface area contributed by atoms with Gasteiger partial charge in [-0.15, -0.1) is 0 Å². The highest BCUT2D eigenvalue weighted by molar-refractivity contribution is 5.80. The van der Waals surface area contributed by atoms with E-state index in [-0.39, 0.29) is 17.1 Å². The van der Waals surface area contributed by atoms with E-state index in [2.05, 4.69) is 4.42 Å². The largest absolute Gasteiger partial charge is 0.422 e. The van der Waals surface area contributed by atoms with Gasteiger partial charge in [-0.25, -0.2) is 9.59 Å². The van der Waals surface area contributed by atoms with Crippen LogP contribution in [-0.2, 0) is 0 Å². The molecule has 2 rings (SSSR count). The number of rotatable bonds is 2. The van der Waals surface area contributed by atoms with Crippen LogP contribution in [-0.4, -0.2) is 9.49 Å². The molecule has 0 aliphatic heterocycles. The zero-order chi connectivity index (χ0) is 13.4. The van der Waals surface area contributed by atoms with Crippen molar-refractivity contribution in [3.05, 3.63) is 49.3 Å². The number of hydrogen-bond acceptors (Lipinski definition) is 5.